The summed E-state index contributed by atoms with van der Waals surface area (Å²) in [7, 11) is 0. The van der Waals surface area contributed by atoms with E-state index in [0.29, 0.717) is 23.4 Å². The summed E-state index contributed by atoms with van der Waals surface area (Å²) in [5, 5.41) is 11.4. The molecule has 29 heavy (non-hydrogen) atoms. The second-order valence-corrected chi connectivity index (χ2v) is 6.74. The number of hydrogen-bond donors (Lipinski definition) is 1. The summed E-state index contributed by atoms with van der Waals surface area (Å²) in [4.78, 5) is 9.35. The molecule has 1 fully saturated rings. The van der Waals surface area contributed by atoms with Crippen LogP contribution in [0.2, 0.25) is 0 Å². The smallest absolute Gasteiger partial charge is 0.387 e. The van der Waals surface area contributed by atoms with Crippen LogP contribution in [0.1, 0.15) is 24.6 Å². The molecule has 1 aliphatic carbocycles. The van der Waals surface area contributed by atoms with Gasteiger partial charge in [-0.05, 0) is 49.2 Å². The molecule has 0 aliphatic heterocycles. The van der Waals surface area contributed by atoms with Crippen molar-refractivity contribution < 1.29 is 13.5 Å². The zero-order valence-electron chi connectivity index (χ0n) is 15.2. The van der Waals surface area contributed by atoms with Crippen molar-refractivity contribution >= 4 is 22.5 Å². The molecular formula is C20H16F2N6O. The molecule has 0 spiro atoms. The number of para-hydroxylation sites is 2. The van der Waals surface area contributed by atoms with Crippen LogP contribution < -0.4 is 10.1 Å². The molecule has 146 valence electrons. The van der Waals surface area contributed by atoms with Crippen LogP contribution in [0.25, 0.3) is 17.0 Å². The highest BCUT2D eigenvalue weighted by atomic mass is 19.3. The molecule has 2 aromatic carbocycles. The number of fused-ring (bicyclic) bond motifs is 1. The van der Waals surface area contributed by atoms with Gasteiger partial charge in [-0.15, -0.1) is 5.10 Å². The second-order valence-electron chi connectivity index (χ2n) is 6.74. The number of imidazole rings is 1. The molecule has 9 heteroatoms. The van der Waals surface area contributed by atoms with Gasteiger partial charge in [0.15, 0.2) is 5.82 Å². The van der Waals surface area contributed by atoms with Crippen LogP contribution in [0.3, 0.4) is 0 Å². The van der Waals surface area contributed by atoms with E-state index in [-0.39, 0.29) is 5.75 Å². The first kappa shape index (κ1) is 17.5. The number of nitrogens with one attached hydrogen (secondary N) is 1. The number of rotatable bonds is 6. The van der Waals surface area contributed by atoms with E-state index in [4.69, 9.17) is 4.98 Å². The van der Waals surface area contributed by atoms with Crippen LogP contribution >= 0.6 is 0 Å². The topological polar surface area (TPSA) is 77.8 Å². The van der Waals surface area contributed by atoms with Crippen molar-refractivity contribution in [3.8, 4) is 11.7 Å². The van der Waals surface area contributed by atoms with E-state index in [2.05, 4.69) is 25.2 Å². The summed E-state index contributed by atoms with van der Waals surface area (Å²) < 4.78 is 30.9. The van der Waals surface area contributed by atoms with Gasteiger partial charge in [-0.2, -0.15) is 18.9 Å². The van der Waals surface area contributed by atoms with E-state index in [1.54, 1.807) is 12.1 Å². The van der Waals surface area contributed by atoms with Gasteiger partial charge in [-0.25, -0.2) is 4.98 Å². The quantitative estimate of drug-likeness (QED) is 0.521. The van der Waals surface area contributed by atoms with Gasteiger partial charge in [0.1, 0.15) is 11.6 Å². The molecule has 1 N–H and O–H groups in total. The lowest BCUT2D eigenvalue weighted by molar-refractivity contribution is -0.0498. The summed E-state index contributed by atoms with van der Waals surface area (Å²) in [5.41, 5.74) is 2.49. The molecule has 1 saturated carbocycles. The molecule has 0 atom stereocenters. The lowest BCUT2D eigenvalue weighted by Gasteiger charge is -2.10. The molecule has 0 saturated heterocycles. The second kappa shape index (κ2) is 7.08. The minimum absolute atomic E-state index is 0.0889. The molecule has 0 unspecified atom stereocenters. The van der Waals surface area contributed by atoms with Crippen molar-refractivity contribution in [2.24, 2.45) is 0 Å². The summed E-state index contributed by atoms with van der Waals surface area (Å²) >= 11 is 0. The van der Waals surface area contributed by atoms with Crippen LogP contribution in [-0.2, 0) is 0 Å². The Hall–Kier alpha value is -3.62. The number of alkyl halides is 2. The zero-order chi connectivity index (χ0) is 19.8. The highest BCUT2D eigenvalue weighted by molar-refractivity contribution is 5.78. The van der Waals surface area contributed by atoms with Gasteiger partial charge in [0.05, 0.1) is 17.2 Å². The van der Waals surface area contributed by atoms with Crippen molar-refractivity contribution in [2.75, 3.05) is 5.32 Å². The van der Waals surface area contributed by atoms with Crippen LogP contribution in [0.5, 0.6) is 5.75 Å². The van der Waals surface area contributed by atoms with Crippen molar-refractivity contribution in [3.05, 3.63) is 60.6 Å². The predicted octanol–water partition coefficient (Wildman–Crippen LogP) is 4.43. The summed E-state index contributed by atoms with van der Waals surface area (Å²) in [6, 6.07) is 14.0. The molecule has 0 radical (unpaired) electrons. The Morgan fingerprint density at radius 1 is 1.03 bits per heavy atom. The number of halogens is 2. The van der Waals surface area contributed by atoms with Crippen LogP contribution in [-0.4, -0.2) is 31.3 Å². The number of aromatic nitrogens is 5. The van der Waals surface area contributed by atoms with Crippen molar-refractivity contribution in [2.45, 2.75) is 25.4 Å². The fraction of sp³-hybridized carbons (Fsp3) is 0.200. The van der Waals surface area contributed by atoms with E-state index < -0.39 is 6.61 Å². The largest absolute Gasteiger partial charge is 0.435 e. The minimum Gasteiger partial charge on any atom is -0.435 e. The van der Waals surface area contributed by atoms with Crippen LogP contribution in [0.15, 0.2) is 54.7 Å². The lowest BCUT2D eigenvalue weighted by Crippen LogP contribution is -2.08. The third kappa shape index (κ3) is 3.58. The zero-order valence-corrected chi connectivity index (χ0v) is 15.2. The Morgan fingerprint density at radius 2 is 1.83 bits per heavy atom. The fourth-order valence-electron chi connectivity index (χ4n) is 3.19. The lowest BCUT2D eigenvalue weighted by atomic mass is 10.3. The first-order valence-corrected chi connectivity index (χ1v) is 9.17. The van der Waals surface area contributed by atoms with Crippen molar-refractivity contribution in [1.29, 1.82) is 0 Å². The van der Waals surface area contributed by atoms with Gasteiger partial charge in [0.25, 0.3) is 5.95 Å². The third-order valence-electron chi connectivity index (χ3n) is 4.63. The van der Waals surface area contributed by atoms with Gasteiger partial charge < -0.3 is 10.1 Å². The maximum absolute atomic E-state index is 12.3. The van der Waals surface area contributed by atoms with E-state index in [1.807, 2.05) is 28.8 Å². The van der Waals surface area contributed by atoms with E-state index in [1.165, 1.54) is 18.3 Å². The molecule has 0 bridgehead atoms. The molecule has 0 amide bonds. The fourth-order valence-corrected chi connectivity index (χ4v) is 3.19. The number of anilines is 2. The van der Waals surface area contributed by atoms with Gasteiger partial charge in [-0.1, -0.05) is 12.1 Å². The number of ether oxygens (including phenoxy) is 1. The number of nitrogens with zero attached hydrogens (tertiary/aromatic N) is 5. The maximum Gasteiger partial charge on any atom is 0.387 e. The van der Waals surface area contributed by atoms with Gasteiger partial charge >= 0.3 is 6.61 Å². The molecule has 2 aromatic heterocycles. The molecule has 7 nitrogen and oxygen atoms in total. The van der Waals surface area contributed by atoms with E-state index in [9.17, 15) is 8.78 Å². The molecule has 5 rings (SSSR count). The average molecular weight is 394 g/mol. The normalized spacial score (nSPS) is 13.8. The highest BCUT2D eigenvalue weighted by Gasteiger charge is 2.31. The Balaban J connectivity index is 1.46. The molecular weight excluding hydrogens is 378 g/mol. The van der Waals surface area contributed by atoms with Crippen LogP contribution in [0, 0.1) is 0 Å². The minimum atomic E-state index is -2.85. The monoisotopic (exact) mass is 394 g/mol. The SMILES string of the molecule is FC(F)Oc1ccc(Nc2cnnc(-n3c(C4CC4)nc4ccccc43)n2)cc1. The third-order valence-corrected chi connectivity index (χ3v) is 4.63. The Kier molecular flexibility index (Phi) is 4.27. The van der Waals surface area contributed by atoms with Crippen LogP contribution in [0.4, 0.5) is 20.3 Å². The van der Waals surface area contributed by atoms with Gasteiger partial charge in [-0.3, -0.25) is 4.57 Å². The first-order chi connectivity index (χ1) is 14.2. The summed E-state index contributed by atoms with van der Waals surface area (Å²) in [5.74, 6) is 2.36. The standard InChI is InChI=1S/C20H16F2N6O/c21-19(22)29-14-9-7-13(8-10-14)24-17-11-23-27-20(26-17)28-16-4-2-1-3-15(16)25-18(28)12-5-6-12/h1-4,7-12,19H,5-6H2,(H,24,26,27). The number of benzene rings is 2. The Bertz CT molecular complexity index is 1160. The predicted molar refractivity (Wildman–Crippen MR) is 103 cm³/mol. The maximum atomic E-state index is 12.3. The summed E-state index contributed by atoms with van der Waals surface area (Å²) in [6.45, 7) is -2.85. The van der Waals surface area contributed by atoms with Crippen molar-refractivity contribution in [1.82, 2.24) is 24.7 Å². The summed E-state index contributed by atoms with van der Waals surface area (Å²) in [6.07, 6.45) is 3.70. The van der Waals surface area contributed by atoms with E-state index in [0.717, 1.165) is 29.7 Å². The molecule has 4 aromatic rings. The van der Waals surface area contributed by atoms with Gasteiger partial charge in [0, 0.05) is 11.6 Å². The highest BCUT2D eigenvalue weighted by Crippen LogP contribution is 2.41. The first-order valence-electron chi connectivity index (χ1n) is 9.17. The Morgan fingerprint density at radius 3 is 2.59 bits per heavy atom. The van der Waals surface area contributed by atoms with Gasteiger partial charge in [0.2, 0.25) is 0 Å². The molecule has 1 aliphatic rings. The van der Waals surface area contributed by atoms with E-state index >= 15 is 0 Å². The molecule has 2 heterocycles. The number of hydrogen-bond acceptors (Lipinski definition) is 6. The van der Waals surface area contributed by atoms with Crippen molar-refractivity contribution in [3.63, 3.8) is 0 Å². The Labute approximate surface area is 164 Å². The average Bonchev–Trinajstić information content (AvgIpc) is 3.49.